The van der Waals surface area contributed by atoms with Crippen LogP contribution in [-0.2, 0) is 0 Å². The molecule has 1 atom stereocenters. The SMILES string of the molecule is CCCC(CC)Nc1cnc(N)cn1. The molecule has 0 spiro atoms. The molecule has 1 rings (SSSR count). The molecular formula is C10H18N4. The van der Waals surface area contributed by atoms with Crippen LogP contribution in [0.1, 0.15) is 33.1 Å². The van der Waals surface area contributed by atoms with Gasteiger partial charge in [0.15, 0.2) is 0 Å². The molecule has 1 aromatic rings. The minimum Gasteiger partial charge on any atom is -0.382 e. The molecule has 0 aliphatic rings. The summed E-state index contributed by atoms with van der Waals surface area (Å²) in [6.07, 6.45) is 6.67. The van der Waals surface area contributed by atoms with Gasteiger partial charge in [0.2, 0.25) is 0 Å². The lowest BCUT2D eigenvalue weighted by Crippen LogP contribution is -2.18. The van der Waals surface area contributed by atoms with Crippen molar-refractivity contribution in [1.82, 2.24) is 9.97 Å². The van der Waals surface area contributed by atoms with Gasteiger partial charge in [0.1, 0.15) is 11.6 Å². The van der Waals surface area contributed by atoms with E-state index in [-0.39, 0.29) is 0 Å². The van der Waals surface area contributed by atoms with Crippen molar-refractivity contribution in [3.05, 3.63) is 12.4 Å². The van der Waals surface area contributed by atoms with Crippen LogP contribution >= 0.6 is 0 Å². The van der Waals surface area contributed by atoms with Gasteiger partial charge in [-0.25, -0.2) is 9.97 Å². The Bertz CT molecular complexity index is 257. The molecule has 1 aromatic heterocycles. The predicted molar refractivity (Wildman–Crippen MR) is 59.1 cm³/mol. The van der Waals surface area contributed by atoms with Gasteiger partial charge < -0.3 is 11.1 Å². The van der Waals surface area contributed by atoms with Crippen LogP contribution in [0, 0.1) is 0 Å². The minimum absolute atomic E-state index is 0.457. The molecule has 0 fully saturated rings. The van der Waals surface area contributed by atoms with Gasteiger partial charge in [-0.1, -0.05) is 20.3 Å². The molecule has 0 aliphatic heterocycles. The molecule has 14 heavy (non-hydrogen) atoms. The van der Waals surface area contributed by atoms with E-state index in [4.69, 9.17) is 5.73 Å². The average molecular weight is 194 g/mol. The topological polar surface area (TPSA) is 63.8 Å². The van der Waals surface area contributed by atoms with Crippen molar-refractivity contribution < 1.29 is 0 Å². The highest BCUT2D eigenvalue weighted by Gasteiger charge is 2.04. The van der Waals surface area contributed by atoms with Crippen molar-refractivity contribution in [3.8, 4) is 0 Å². The maximum absolute atomic E-state index is 5.45. The second kappa shape index (κ2) is 5.42. The van der Waals surface area contributed by atoms with Crippen molar-refractivity contribution in [1.29, 1.82) is 0 Å². The molecule has 0 radical (unpaired) electrons. The van der Waals surface area contributed by atoms with Crippen molar-refractivity contribution in [3.63, 3.8) is 0 Å². The summed E-state index contributed by atoms with van der Waals surface area (Å²) in [5, 5.41) is 3.33. The molecule has 0 aromatic carbocycles. The number of hydrogen-bond acceptors (Lipinski definition) is 4. The Labute approximate surface area is 85.0 Å². The van der Waals surface area contributed by atoms with Gasteiger partial charge in [-0.2, -0.15) is 0 Å². The van der Waals surface area contributed by atoms with Crippen LogP contribution < -0.4 is 11.1 Å². The van der Waals surface area contributed by atoms with Crippen LogP contribution in [0.3, 0.4) is 0 Å². The fourth-order valence-corrected chi connectivity index (χ4v) is 1.35. The Morgan fingerprint density at radius 3 is 2.64 bits per heavy atom. The van der Waals surface area contributed by atoms with Gasteiger partial charge >= 0.3 is 0 Å². The molecule has 0 saturated heterocycles. The predicted octanol–water partition coefficient (Wildman–Crippen LogP) is 2.05. The monoisotopic (exact) mass is 194 g/mol. The highest BCUT2D eigenvalue weighted by Crippen LogP contribution is 2.09. The highest BCUT2D eigenvalue weighted by molar-refractivity contribution is 5.36. The summed E-state index contributed by atoms with van der Waals surface area (Å²) in [5.41, 5.74) is 5.45. The lowest BCUT2D eigenvalue weighted by atomic mass is 10.1. The molecule has 1 heterocycles. The van der Waals surface area contributed by atoms with Crippen LogP contribution in [0.4, 0.5) is 11.6 Å². The molecule has 0 aliphatic carbocycles. The van der Waals surface area contributed by atoms with E-state index in [1.807, 2.05) is 0 Å². The Balaban J connectivity index is 2.53. The molecule has 3 N–H and O–H groups in total. The van der Waals surface area contributed by atoms with Crippen molar-refractivity contribution in [2.75, 3.05) is 11.1 Å². The summed E-state index contributed by atoms with van der Waals surface area (Å²) in [6.45, 7) is 4.34. The Morgan fingerprint density at radius 2 is 2.14 bits per heavy atom. The molecule has 4 nitrogen and oxygen atoms in total. The number of nitrogens with zero attached hydrogens (tertiary/aromatic N) is 2. The zero-order valence-electron chi connectivity index (χ0n) is 8.83. The first-order valence-corrected chi connectivity index (χ1v) is 5.10. The molecule has 0 saturated carbocycles. The van der Waals surface area contributed by atoms with Gasteiger partial charge in [0, 0.05) is 6.04 Å². The lowest BCUT2D eigenvalue weighted by molar-refractivity contribution is 0.620. The molecule has 78 valence electrons. The molecular weight excluding hydrogens is 176 g/mol. The molecule has 4 heteroatoms. The second-order valence-electron chi connectivity index (χ2n) is 3.36. The summed E-state index contributed by atoms with van der Waals surface area (Å²) in [6, 6.07) is 0.484. The quantitative estimate of drug-likeness (QED) is 0.753. The number of aromatic nitrogens is 2. The molecule has 0 bridgehead atoms. The number of nitrogens with one attached hydrogen (secondary N) is 1. The van der Waals surface area contributed by atoms with Crippen molar-refractivity contribution in [2.45, 2.75) is 39.2 Å². The Hall–Kier alpha value is -1.32. The van der Waals surface area contributed by atoms with E-state index < -0.39 is 0 Å². The van der Waals surface area contributed by atoms with Crippen LogP contribution in [0.2, 0.25) is 0 Å². The highest BCUT2D eigenvalue weighted by atomic mass is 15.0. The van der Waals surface area contributed by atoms with E-state index in [9.17, 15) is 0 Å². The van der Waals surface area contributed by atoms with Crippen molar-refractivity contribution >= 4 is 11.6 Å². The van der Waals surface area contributed by atoms with E-state index in [1.54, 1.807) is 12.4 Å². The Morgan fingerprint density at radius 1 is 1.36 bits per heavy atom. The van der Waals surface area contributed by atoms with E-state index in [0.717, 1.165) is 18.7 Å². The summed E-state index contributed by atoms with van der Waals surface area (Å²) < 4.78 is 0. The average Bonchev–Trinajstić information content (AvgIpc) is 2.20. The third kappa shape index (κ3) is 3.20. The van der Waals surface area contributed by atoms with Crippen LogP contribution in [0.25, 0.3) is 0 Å². The number of rotatable bonds is 5. The molecule has 1 unspecified atom stereocenters. The van der Waals surface area contributed by atoms with Gasteiger partial charge in [-0.05, 0) is 12.8 Å². The summed E-state index contributed by atoms with van der Waals surface area (Å²) in [4.78, 5) is 8.13. The fraction of sp³-hybridized carbons (Fsp3) is 0.600. The standard InChI is InChI=1S/C10H18N4/c1-3-5-8(4-2)14-10-7-12-9(11)6-13-10/h6-8H,3-5H2,1-2H3,(H2,11,12)(H,13,14). The van der Waals surface area contributed by atoms with Gasteiger partial charge in [0.25, 0.3) is 0 Å². The third-order valence-corrected chi connectivity index (χ3v) is 2.15. The lowest BCUT2D eigenvalue weighted by Gasteiger charge is -2.16. The van der Waals surface area contributed by atoms with Crippen LogP contribution in [-0.4, -0.2) is 16.0 Å². The maximum atomic E-state index is 5.45. The summed E-state index contributed by atoms with van der Waals surface area (Å²) >= 11 is 0. The number of anilines is 2. The van der Waals surface area contributed by atoms with Crippen LogP contribution in [0.15, 0.2) is 12.4 Å². The van der Waals surface area contributed by atoms with E-state index in [0.29, 0.717) is 11.9 Å². The van der Waals surface area contributed by atoms with E-state index in [1.165, 1.54) is 6.42 Å². The maximum Gasteiger partial charge on any atom is 0.144 e. The largest absolute Gasteiger partial charge is 0.382 e. The normalized spacial score (nSPS) is 12.4. The Kier molecular flexibility index (Phi) is 4.16. The smallest absolute Gasteiger partial charge is 0.144 e. The van der Waals surface area contributed by atoms with Gasteiger partial charge in [-0.3, -0.25) is 0 Å². The first-order valence-electron chi connectivity index (χ1n) is 5.10. The number of nitrogens with two attached hydrogens (primary N) is 1. The summed E-state index contributed by atoms with van der Waals surface area (Å²) in [7, 11) is 0. The minimum atomic E-state index is 0.457. The first kappa shape index (κ1) is 10.8. The first-order chi connectivity index (χ1) is 6.76. The van der Waals surface area contributed by atoms with E-state index >= 15 is 0 Å². The van der Waals surface area contributed by atoms with Crippen molar-refractivity contribution in [2.24, 2.45) is 0 Å². The summed E-state index contributed by atoms with van der Waals surface area (Å²) in [5.74, 6) is 1.26. The molecule has 0 amide bonds. The fourth-order valence-electron chi connectivity index (χ4n) is 1.35. The van der Waals surface area contributed by atoms with Crippen LogP contribution in [0.5, 0.6) is 0 Å². The zero-order chi connectivity index (χ0) is 10.4. The van der Waals surface area contributed by atoms with Gasteiger partial charge in [-0.15, -0.1) is 0 Å². The number of hydrogen-bond donors (Lipinski definition) is 2. The second-order valence-corrected chi connectivity index (χ2v) is 3.36. The van der Waals surface area contributed by atoms with Gasteiger partial charge in [0.05, 0.1) is 12.4 Å². The zero-order valence-corrected chi connectivity index (χ0v) is 8.83. The van der Waals surface area contributed by atoms with E-state index in [2.05, 4.69) is 29.1 Å². The third-order valence-electron chi connectivity index (χ3n) is 2.15. The number of nitrogen functional groups attached to an aromatic ring is 1.